The van der Waals surface area contributed by atoms with Gasteiger partial charge in [-0.3, -0.25) is 4.99 Å². The van der Waals surface area contributed by atoms with Gasteiger partial charge in [-0.15, -0.1) is 0 Å². The highest BCUT2D eigenvalue weighted by Gasteiger charge is 2.00. The van der Waals surface area contributed by atoms with E-state index in [2.05, 4.69) is 24.7 Å². The van der Waals surface area contributed by atoms with Crippen molar-refractivity contribution in [3.63, 3.8) is 0 Å². The van der Waals surface area contributed by atoms with Crippen LogP contribution in [0, 0.1) is 5.92 Å². The van der Waals surface area contributed by atoms with Crippen LogP contribution < -0.4 is 0 Å². The van der Waals surface area contributed by atoms with E-state index in [-0.39, 0.29) is 0 Å². The molecule has 2 heteroatoms. The fourth-order valence-electron chi connectivity index (χ4n) is 0.892. The second-order valence-corrected chi connectivity index (χ2v) is 3.43. The first-order valence-corrected chi connectivity index (χ1v) is 4.21. The Morgan fingerprint density at radius 2 is 2.17 bits per heavy atom. The van der Waals surface area contributed by atoms with E-state index in [4.69, 9.17) is 0 Å². The molecule has 12 heavy (non-hydrogen) atoms. The molecule has 0 fully saturated rings. The van der Waals surface area contributed by atoms with Crippen molar-refractivity contribution >= 4 is 12.4 Å². The number of nitrogens with zero attached hydrogens (tertiary/aromatic N) is 2. The Balaban J connectivity index is 3.83. The molecule has 2 nitrogen and oxygen atoms in total. The molecule has 68 valence electrons. The molecule has 0 aromatic carbocycles. The summed E-state index contributed by atoms with van der Waals surface area (Å²) >= 11 is 0. The molecule has 0 bridgehead atoms. The van der Waals surface area contributed by atoms with Gasteiger partial charge in [0.05, 0.1) is 0 Å². The lowest BCUT2D eigenvalue weighted by Crippen LogP contribution is -2.10. The molecular weight excluding hydrogens is 148 g/mol. The maximum absolute atomic E-state index is 4.17. The van der Waals surface area contributed by atoms with Crippen molar-refractivity contribution in [2.45, 2.75) is 20.8 Å². The van der Waals surface area contributed by atoms with Crippen molar-refractivity contribution in [3.05, 3.63) is 12.3 Å². The van der Waals surface area contributed by atoms with Crippen LogP contribution in [-0.4, -0.2) is 30.6 Å². The van der Waals surface area contributed by atoms with E-state index < -0.39 is 0 Å². The number of rotatable bonds is 4. The molecule has 0 aromatic heterocycles. The molecule has 1 atom stereocenters. The number of hydrogen-bond acceptors (Lipinski definition) is 1. The Hall–Kier alpha value is -0.920. The van der Waals surface area contributed by atoms with Crippen LogP contribution in [0.4, 0.5) is 0 Å². The number of aliphatic imine (C=N–C) groups is 1. The summed E-state index contributed by atoms with van der Waals surface area (Å²) in [4.78, 5) is 4.17. The van der Waals surface area contributed by atoms with Gasteiger partial charge in [0.25, 0.3) is 0 Å². The lowest BCUT2D eigenvalue weighted by molar-refractivity contribution is -0.493. The van der Waals surface area contributed by atoms with Gasteiger partial charge in [-0.25, -0.2) is 4.58 Å². The topological polar surface area (TPSA) is 15.4 Å². The van der Waals surface area contributed by atoms with Crippen LogP contribution in [0.1, 0.15) is 20.8 Å². The molecule has 1 unspecified atom stereocenters. The highest BCUT2D eigenvalue weighted by atomic mass is 14.9. The molecule has 0 rings (SSSR count). The van der Waals surface area contributed by atoms with Crippen LogP contribution >= 0.6 is 0 Å². The molecule has 0 aliphatic heterocycles. The van der Waals surface area contributed by atoms with E-state index in [0.717, 1.165) is 12.3 Å². The smallest absolute Gasteiger partial charge is 0.148 e. The van der Waals surface area contributed by atoms with Gasteiger partial charge in [-0.1, -0.05) is 13.0 Å². The molecule has 0 aliphatic carbocycles. The molecule has 0 heterocycles. The fourth-order valence-corrected chi connectivity index (χ4v) is 0.892. The summed E-state index contributed by atoms with van der Waals surface area (Å²) in [5.41, 5.74) is 1.08. The summed E-state index contributed by atoms with van der Waals surface area (Å²) in [6.07, 6.45) is 3.96. The Labute approximate surface area is 75.3 Å². The van der Waals surface area contributed by atoms with Gasteiger partial charge >= 0.3 is 0 Å². The maximum atomic E-state index is 4.17. The van der Waals surface area contributed by atoms with Crippen LogP contribution in [0.2, 0.25) is 0 Å². The first-order valence-electron chi connectivity index (χ1n) is 4.21. The normalized spacial score (nSPS) is 13.0. The fraction of sp³-hybridized carbons (Fsp3) is 0.600. The molecule has 0 saturated heterocycles. The summed E-state index contributed by atoms with van der Waals surface area (Å²) in [6, 6.07) is 0. The van der Waals surface area contributed by atoms with Crippen molar-refractivity contribution in [1.29, 1.82) is 0 Å². The third-order valence-electron chi connectivity index (χ3n) is 1.35. The maximum Gasteiger partial charge on any atom is 0.148 e. The zero-order chi connectivity index (χ0) is 9.56. The third-order valence-corrected chi connectivity index (χ3v) is 1.35. The average Bonchev–Trinajstić information content (AvgIpc) is 1.84. The average molecular weight is 167 g/mol. The van der Waals surface area contributed by atoms with Crippen LogP contribution in [0.5, 0.6) is 0 Å². The third kappa shape index (κ3) is 7.19. The predicted octanol–water partition coefficient (Wildman–Crippen LogP) is 1.96. The Morgan fingerprint density at radius 3 is 2.58 bits per heavy atom. The second-order valence-electron chi connectivity index (χ2n) is 3.43. The van der Waals surface area contributed by atoms with Crippen molar-refractivity contribution in [2.75, 3.05) is 13.6 Å². The minimum absolute atomic E-state index is 0.510. The first-order chi connectivity index (χ1) is 5.52. The van der Waals surface area contributed by atoms with Crippen LogP contribution in [0.25, 0.3) is 0 Å². The lowest BCUT2D eigenvalue weighted by atomic mass is 10.2. The zero-order valence-corrected chi connectivity index (χ0v) is 8.54. The van der Waals surface area contributed by atoms with Gasteiger partial charge in [0.1, 0.15) is 20.3 Å². The molecular formula is C10H19N2+. The van der Waals surface area contributed by atoms with E-state index in [1.165, 1.54) is 0 Å². The van der Waals surface area contributed by atoms with Gasteiger partial charge in [-0.05, 0) is 13.8 Å². The van der Waals surface area contributed by atoms with Crippen molar-refractivity contribution < 1.29 is 4.58 Å². The number of hydrogen-bond donors (Lipinski definition) is 0. The van der Waals surface area contributed by atoms with Gasteiger partial charge in [0.15, 0.2) is 0 Å². The monoisotopic (exact) mass is 167 g/mol. The predicted molar refractivity (Wildman–Crippen MR) is 55.3 cm³/mol. The Kier molecular flexibility index (Phi) is 5.26. The van der Waals surface area contributed by atoms with Gasteiger partial charge < -0.3 is 0 Å². The van der Waals surface area contributed by atoms with E-state index in [1.807, 2.05) is 31.7 Å². The van der Waals surface area contributed by atoms with Gasteiger partial charge in [0, 0.05) is 17.8 Å². The van der Waals surface area contributed by atoms with Crippen LogP contribution in [0.15, 0.2) is 17.3 Å². The Morgan fingerprint density at radius 1 is 1.58 bits per heavy atom. The molecule has 0 radical (unpaired) electrons. The molecule has 0 aliphatic rings. The van der Waals surface area contributed by atoms with Gasteiger partial charge in [-0.2, -0.15) is 0 Å². The second kappa shape index (κ2) is 5.70. The van der Waals surface area contributed by atoms with E-state index in [1.54, 1.807) is 0 Å². The minimum Gasteiger partial charge on any atom is -0.267 e. The van der Waals surface area contributed by atoms with E-state index in [0.29, 0.717) is 5.92 Å². The summed E-state index contributed by atoms with van der Waals surface area (Å²) in [7, 11) is 1.97. The summed E-state index contributed by atoms with van der Waals surface area (Å²) in [5, 5.41) is 0. The van der Waals surface area contributed by atoms with Crippen molar-refractivity contribution in [3.8, 4) is 0 Å². The van der Waals surface area contributed by atoms with Crippen LogP contribution in [0.3, 0.4) is 0 Å². The molecule has 0 spiro atoms. The highest BCUT2D eigenvalue weighted by Crippen LogP contribution is 1.96. The SMILES string of the molecule is C=[N+](C)CC(C)/C=C\N=C(C)C. The van der Waals surface area contributed by atoms with Gasteiger partial charge in [0.2, 0.25) is 0 Å². The van der Waals surface area contributed by atoms with Crippen molar-refractivity contribution in [1.82, 2.24) is 0 Å². The highest BCUT2D eigenvalue weighted by molar-refractivity contribution is 5.79. The minimum atomic E-state index is 0.510. The quantitative estimate of drug-likeness (QED) is 0.449. The Bertz CT molecular complexity index is 198. The first kappa shape index (κ1) is 11.1. The molecule has 0 saturated carbocycles. The molecule has 0 N–H and O–H groups in total. The summed E-state index contributed by atoms with van der Waals surface area (Å²) in [6.45, 7) is 10.9. The summed E-state index contributed by atoms with van der Waals surface area (Å²) in [5.74, 6) is 0.510. The molecule has 0 amide bonds. The summed E-state index contributed by atoms with van der Waals surface area (Å²) < 4.78 is 1.93. The van der Waals surface area contributed by atoms with Crippen LogP contribution in [-0.2, 0) is 0 Å². The molecule has 0 aromatic rings. The largest absolute Gasteiger partial charge is 0.267 e. The standard InChI is InChI=1S/C10H19N2/c1-9(2)11-7-6-10(3)8-12(4)5/h6-7,10H,4,8H2,1-3,5H3/q+1/b7-6-. The zero-order valence-electron chi connectivity index (χ0n) is 8.54. The van der Waals surface area contributed by atoms with Crippen molar-refractivity contribution in [2.24, 2.45) is 10.9 Å². The lowest BCUT2D eigenvalue weighted by Gasteiger charge is -1.99. The van der Waals surface area contributed by atoms with E-state index in [9.17, 15) is 0 Å². The van der Waals surface area contributed by atoms with E-state index >= 15 is 0 Å².